The number of halogens is 2. The molecule has 23 heavy (non-hydrogen) atoms. The van der Waals surface area contributed by atoms with E-state index in [-0.39, 0.29) is 28.6 Å². The van der Waals surface area contributed by atoms with Gasteiger partial charge in [-0.3, -0.25) is 19.8 Å². The molecule has 8 heteroatoms. The third-order valence-electron chi connectivity index (χ3n) is 4.11. The van der Waals surface area contributed by atoms with Crippen LogP contribution in [0.2, 0.25) is 5.02 Å². The van der Waals surface area contributed by atoms with E-state index in [9.17, 15) is 19.3 Å². The molecule has 1 N–H and O–H groups in total. The molecule has 6 nitrogen and oxygen atoms in total. The maximum atomic E-state index is 13.5. The Balaban J connectivity index is 2.00. The summed E-state index contributed by atoms with van der Waals surface area (Å²) >= 11 is 5.56. The summed E-state index contributed by atoms with van der Waals surface area (Å²) in [6, 6.07) is 2.18. The lowest BCUT2D eigenvalue weighted by Crippen LogP contribution is -2.40. The van der Waals surface area contributed by atoms with Crippen molar-refractivity contribution in [3.05, 3.63) is 38.7 Å². The van der Waals surface area contributed by atoms with Crippen molar-refractivity contribution in [1.82, 2.24) is 10.2 Å². The molecule has 1 saturated heterocycles. The molecule has 0 aliphatic carbocycles. The van der Waals surface area contributed by atoms with Gasteiger partial charge in [-0.1, -0.05) is 18.5 Å². The van der Waals surface area contributed by atoms with Gasteiger partial charge in [0.1, 0.15) is 5.82 Å². The van der Waals surface area contributed by atoms with E-state index < -0.39 is 10.7 Å². The van der Waals surface area contributed by atoms with Gasteiger partial charge in [-0.05, 0) is 32.0 Å². The SMILES string of the molecule is CCN1CCCC1CNC(=O)Cc1cc(F)c(Cl)cc1[N+](=O)[O-]. The smallest absolute Gasteiger partial charge is 0.274 e. The lowest BCUT2D eigenvalue weighted by Gasteiger charge is -2.22. The number of hydrogen-bond acceptors (Lipinski definition) is 4. The third kappa shape index (κ3) is 4.39. The lowest BCUT2D eigenvalue weighted by atomic mass is 10.1. The predicted octanol–water partition coefficient (Wildman–Crippen LogP) is 2.53. The first-order chi connectivity index (χ1) is 10.9. The molecular formula is C15H19ClFN3O3. The third-order valence-corrected chi connectivity index (χ3v) is 4.40. The zero-order valence-corrected chi connectivity index (χ0v) is 13.6. The number of rotatable bonds is 6. The highest BCUT2D eigenvalue weighted by Gasteiger charge is 2.24. The molecule has 0 saturated carbocycles. The molecule has 1 heterocycles. The monoisotopic (exact) mass is 343 g/mol. The second-order valence-electron chi connectivity index (χ2n) is 5.56. The van der Waals surface area contributed by atoms with Crippen LogP contribution in [0.15, 0.2) is 12.1 Å². The Bertz CT molecular complexity index is 612. The highest BCUT2D eigenvalue weighted by Crippen LogP contribution is 2.26. The summed E-state index contributed by atoms with van der Waals surface area (Å²) in [5, 5.41) is 13.5. The average Bonchev–Trinajstić information content (AvgIpc) is 2.95. The molecule has 0 spiro atoms. The fraction of sp³-hybridized carbons (Fsp3) is 0.533. The van der Waals surface area contributed by atoms with E-state index >= 15 is 0 Å². The number of carbonyl (C=O) groups is 1. The fourth-order valence-corrected chi connectivity index (χ4v) is 3.06. The number of nitrogens with zero attached hydrogens (tertiary/aromatic N) is 2. The van der Waals surface area contributed by atoms with Crippen molar-refractivity contribution in [2.24, 2.45) is 0 Å². The van der Waals surface area contributed by atoms with Crippen LogP contribution in [0.3, 0.4) is 0 Å². The Hall–Kier alpha value is -1.73. The number of amides is 1. The quantitative estimate of drug-likeness (QED) is 0.636. The molecule has 126 valence electrons. The van der Waals surface area contributed by atoms with Gasteiger partial charge in [0.25, 0.3) is 5.69 Å². The van der Waals surface area contributed by atoms with Crippen LogP contribution >= 0.6 is 11.6 Å². The van der Waals surface area contributed by atoms with Gasteiger partial charge in [0, 0.05) is 24.2 Å². The summed E-state index contributed by atoms with van der Waals surface area (Å²) in [5.41, 5.74) is -0.323. The molecule has 1 fully saturated rings. The summed E-state index contributed by atoms with van der Waals surface area (Å²) in [5.74, 6) is -1.13. The van der Waals surface area contributed by atoms with Gasteiger partial charge in [-0.15, -0.1) is 0 Å². The zero-order valence-electron chi connectivity index (χ0n) is 12.8. The van der Waals surface area contributed by atoms with Gasteiger partial charge in [0.05, 0.1) is 16.4 Å². The van der Waals surface area contributed by atoms with Crippen molar-refractivity contribution in [2.45, 2.75) is 32.2 Å². The molecule has 1 amide bonds. The zero-order chi connectivity index (χ0) is 17.0. The molecule has 1 aliphatic rings. The fourth-order valence-electron chi connectivity index (χ4n) is 2.90. The average molecular weight is 344 g/mol. The van der Waals surface area contributed by atoms with E-state index in [1.165, 1.54) is 0 Å². The minimum atomic E-state index is -0.770. The summed E-state index contributed by atoms with van der Waals surface area (Å²) in [6.45, 7) is 4.51. The van der Waals surface area contributed by atoms with Crippen molar-refractivity contribution in [3.8, 4) is 0 Å². The number of likely N-dealkylation sites (tertiary alicyclic amines) is 1. The summed E-state index contributed by atoms with van der Waals surface area (Å²) in [6.07, 6.45) is 1.87. The second-order valence-corrected chi connectivity index (χ2v) is 5.96. The van der Waals surface area contributed by atoms with Crippen LogP contribution in [0, 0.1) is 15.9 Å². The summed E-state index contributed by atoms with van der Waals surface area (Å²) in [7, 11) is 0. The van der Waals surface area contributed by atoms with Crippen LogP contribution in [-0.2, 0) is 11.2 Å². The maximum Gasteiger partial charge on any atom is 0.274 e. The van der Waals surface area contributed by atoms with Crippen LogP contribution in [0.1, 0.15) is 25.3 Å². The van der Waals surface area contributed by atoms with Crippen molar-refractivity contribution in [2.75, 3.05) is 19.6 Å². The minimum absolute atomic E-state index is 0.0215. The van der Waals surface area contributed by atoms with Crippen LogP contribution in [0.5, 0.6) is 0 Å². The Morgan fingerprint density at radius 1 is 1.57 bits per heavy atom. The maximum absolute atomic E-state index is 13.5. The molecule has 0 radical (unpaired) electrons. The number of hydrogen-bond donors (Lipinski definition) is 1. The molecule has 1 unspecified atom stereocenters. The van der Waals surface area contributed by atoms with Crippen LogP contribution in [-0.4, -0.2) is 41.4 Å². The van der Waals surface area contributed by atoms with Gasteiger partial charge in [-0.25, -0.2) is 4.39 Å². The lowest BCUT2D eigenvalue weighted by molar-refractivity contribution is -0.385. The topological polar surface area (TPSA) is 75.5 Å². The summed E-state index contributed by atoms with van der Waals surface area (Å²) in [4.78, 5) is 24.6. The van der Waals surface area contributed by atoms with Crippen molar-refractivity contribution >= 4 is 23.2 Å². The van der Waals surface area contributed by atoms with Crippen molar-refractivity contribution < 1.29 is 14.1 Å². The van der Waals surface area contributed by atoms with E-state index in [2.05, 4.69) is 17.1 Å². The van der Waals surface area contributed by atoms with E-state index in [4.69, 9.17) is 11.6 Å². The van der Waals surface area contributed by atoms with Gasteiger partial charge < -0.3 is 5.32 Å². The first kappa shape index (κ1) is 17.6. The van der Waals surface area contributed by atoms with Crippen LogP contribution in [0.25, 0.3) is 0 Å². The Labute approximate surface area is 138 Å². The summed E-state index contributed by atoms with van der Waals surface area (Å²) < 4.78 is 13.5. The number of nitrogens with one attached hydrogen (secondary N) is 1. The largest absolute Gasteiger partial charge is 0.354 e. The number of carbonyl (C=O) groups excluding carboxylic acids is 1. The first-order valence-corrected chi connectivity index (χ1v) is 7.93. The standard InChI is InChI=1S/C15H19ClFN3O3/c1-2-19-5-3-4-11(19)9-18-15(21)7-10-6-13(17)12(16)8-14(10)20(22)23/h6,8,11H,2-5,7,9H2,1H3,(H,18,21). The van der Waals surface area contributed by atoms with Gasteiger partial charge in [0.2, 0.25) is 5.91 Å². The normalized spacial score (nSPS) is 18.1. The van der Waals surface area contributed by atoms with Crippen LogP contribution in [0.4, 0.5) is 10.1 Å². The van der Waals surface area contributed by atoms with Crippen molar-refractivity contribution in [1.29, 1.82) is 0 Å². The predicted molar refractivity (Wildman–Crippen MR) is 85.0 cm³/mol. The number of likely N-dealkylation sites (N-methyl/N-ethyl adjacent to an activating group) is 1. The van der Waals surface area contributed by atoms with Crippen LogP contribution < -0.4 is 5.32 Å². The number of nitro groups is 1. The highest BCUT2D eigenvalue weighted by atomic mass is 35.5. The molecule has 0 bridgehead atoms. The Morgan fingerprint density at radius 2 is 2.30 bits per heavy atom. The van der Waals surface area contributed by atoms with Gasteiger partial charge >= 0.3 is 0 Å². The van der Waals surface area contributed by atoms with Gasteiger partial charge in [-0.2, -0.15) is 0 Å². The van der Waals surface area contributed by atoms with E-state index in [0.29, 0.717) is 12.6 Å². The van der Waals surface area contributed by atoms with E-state index in [0.717, 1.165) is 38.1 Å². The molecule has 1 aromatic carbocycles. The minimum Gasteiger partial charge on any atom is -0.354 e. The Kier molecular flexibility index (Phi) is 5.90. The first-order valence-electron chi connectivity index (χ1n) is 7.55. The van der Waals surface area contributed by atoms with E-state index in [1.807, 2.05) is 0 Å². The highest BCUT2D eigenvalue weighted by molar-refractivity contribution is 6.31. The second kappa shape index (κ2) is 7.70. The molecule has 0 aromatic heterocycles. The Morgan fingerprint density at radius 3 is 2.96 bits per heavy atom. The van der Waals surface area contributed by atoms with Gasteiger partial charge in [0.15, 0.2) is 0 Å². The molecule has 1 atom stereocenters. The van der Waals surface area contributed by atoms with E-state index in [1.54, 1.807) is 0 Å². The number of benzene rings is 1. The molecule has 1 aliphatic heterocycles. The molecule has 1 aromatic rings. The van der Waals surface area contributed by atoms with Crippen molar-refractivity contribution in [3.63, 3.8) is 0 Å². The molecular weight excluding hydrogens is 325 g/mol. The molecule has 2 rings (SSSR count). The number of nitro benzene ring substituents is 1.